The molecule has 0 amide bonds. The molecule has 1 aliphatic rings. The molecule has 0 atom stereocenters. The number of hydrogen-bond donors (Lipinski definition) is 0. The third-order valence-corrected chi connectivity index (χ3v) is 5.74. The first-order chi connectivity index (χ1) is 16.2. The van der Waals surface area contributed by atoms with E-state index in [0.29, 0.717) is 0 Å². The number of benzene rings is 4. The van der Waals surface area contributed by atoms with Gasteiger partial charge >= 0.3 is 0 Å². The van der Waals surface area contributed by atoms with Crippen molar-refractivity contribution in [1.29, 1.82) is 0 Å². The van der Waals surface area contributed by atoms with Gasteiger partial charge in [0.15, 0.2) is 0 Å². The predicted molar refractivity (Wildman–Crippen MR) is 142 cm³/mol. The van der Waals surface area contributed by atoms with E-state index in [0.717, 1.165) is 24.0 Å². The van der Waals surface area contributed by atoms with E-state index in [4.69, 9.17) is 0 Å². The van der Waals surface area contributed by atoms with Gasteiger partial charge in [-0.3, -0.25) is 0 Å². The maximum Gasteiger partial charge on any atom is 0 e. The molecule has 0 spiro atoms. The Hall–Kier alpha value is -2.70. The van der Waals surface area contributed by atoms with Crippen molar-refractivity contribution in [3.8, 4) is 11.5 Å². The van der Waals surface area contributed by atoms with Crippen LogP contribution < -0.4 is 10.2 Å². The van der Waals surface area contributed by atoms with Crippen molar-refractivity contribution in [1.82, 2.24) is 0 Å². The predicted octanol–water partition coefficient (Wildman–Crippen LogP) is 6.26. The Balaban J connectivity index is 0.000000265. The van der Waals surface area contributed by atoms with Crippen LogP contribution in [0.25, 0.3) is 0 Å². The van der Waals surface area contributed by atoms with Crippen LogP contribution in [0, 0.1) is 18.2 Å². The molecule has 3 heteroatoms. The van der Waals surface area contributed by atoms with Crippen molar-refractivity contribution in [3.63, 3.8) is 0 Å². The van der Waals surface area contributed by atoms with Gasteiger partial charge in [0, 0.05) is 24.4 Å². The Labute approximate surface area is 229 Å². The van der Waals surface area contributed by atoms with Gasteiger partial charge < -0.3 is 10.2 Å². The first-order valence-electron chi connectivity index (χ1n) is 11.5. The Bertz CT molecular complexity index is 867. The van der Waals surface area contributed by atoms with Gasteiger partial charge in [0.1, 0.15) is 0 Å². The van der Waals surface area contributed by atoms with Crippen molar-refractivity contribution >= 4 is 24.4 Å². The minimum atomic E-state index is -0.371. The quantitative estimate of drug-likeness (QED) is 0.234. The van der Waals surface area contributed by atoms with E-state index >= 15 is 0 Å². The standard InChI is InChI=1S/C14H20O2.3C6H5.Sb/c1-13(2)5-6-14(3,4)10-8-12(16)11(15)7-9(10)13;3*1-2-4-6-5-3-1;/h7-8,15-16H,5-6H2,1-4H3;3*1-5H;/p-2. The van der Waals surface area contributed by atoms with Crippen molar-refractivity contribution in [3.05, 3.63) is 132 Å². The van der Waals surface area contributed by atoms with Gasteiger partial charge in [-0.1, -0.05) is 131 Å². The van der Waals surface area contributed by atoms with Crippen LogP contribution in [0.5, 0.6) is 11.5 Å². The zero-order valence-electron chi connectivity index (χ0n) is 21.0. The molecule has 0 fully saturated rings. The van der Waals surface area contributed by atoms with Crippen molar-refractivity contribution in [2.75, 3.05) is 0 Å². The zero-order chi connectivity index (χ0) is 24.9. The fourth-order valence-electron chi connectivity index (χ4n) is 3.60. The van der Waals surface area contributed by atoms with Crippen LogP contribution in [0.2, 0.25) is 0 Å². The maximum atomic E-state index is 11.5. The maximum absolute atomic E-state index is 11.5. The molecule has 0 aromatic heterocycles. The second kappa shape index (κ2) is 15.3. The molecule has 0 unspecified atom stereocenters. The molecule has 5 rings (SSSR count). The second-order valence-corrected chi connectivity index (χ2v) is 9.34. The molecule has 0 bridgehead atoms. The summed E-state index contributed by atoms with van der Waals surface area (Å²) in [4.78, 5) is 0. The molecule has 180 valence electrons. The summed E-state index contributed by atoms with van der Waals surface area (Å²) in [5.74, 6) is -0.742. The molecule has 6 radical (unpaired) electrons. The fraction of sp³-hybridized carbons (Fsp3) is 0.250. The largest absolute Gasteiger partial charge is 0.873 e. The summed E-state index contributed by atoms with van der Waals surface area (Å²) in [6.07, 6.45) is 2.12. The first kappa shape index (κ1) is 30.3. The van der Waals surface area contributed by atoms with Crippen LogP contribution in [0.3, 0.4) is 0 Å². The van der Waals surface area contributed by atoms with E-state index in [1.165, 1.54) is 0 Å². The van der Waals surface area contributed by atoms with Crippen molar-refractivity contribution in [2.24, 2.45) is 0 Å². The van der Waals surface area contributed by atoms with Gasteiger partial charge in [0.25, 0.3) is 0 Å². The fourth-order valence-corrected chi connectivity index (χ4v) is 3.60. The summed E-state index contributed by atoms with van der Waals surface area (Å²) in [6.45, 7) is 8.58. The normalized spacial score (nSPS) is 13.9. The van der Waals surface area contributed by atoms with E-state index in [2.05, 4.69) is 45.9 Å². The van der Waals surface area contributed by atoms with E-state index in [1.807, 2.05) is 91.0 Å². The van der Waals surface area contributed by atoms with E-state index in [9.17, 15) is 10.2 Å². The number of rotatable bonds is 0. The third-order valence-electron chi connectivity index (χ3n) is 5.74. The van der Waals surface area contributed by atoms with Gasteiger partial charge in [-0.15, -0.1) is 11.5 Å². The van der Waals surface area contributed by atoms with Gasteiger partial charge in [0.2, 0.25) is 0 Å². The monoisotopic (exact) mass is 570 g/mol. The average Bonchev–Trinajstić information content (AvgIpc) is 2.88. The minimum absolute atomic E-state index is 0. The average molecular weight is 571 g/mol. The van der Waals surface area contributed by atoms with Gasteiger partial charge in [-0.05, 0) is 53.0 Å². The summed E-state index contributed by atoms with van der Waals surface area (Å²) >= 11 is 0. The number of hydrogen-bond acceptors (Lipinski definition) is 2. The van der Waals surface area contributed by atoms with Gasteiger partial charge in [-0.25, -0.2) is 0 Å². The molecule has 0 heterocycles. The Morgan fingerprint density at radius 3 is 0.943 bits per heavy atom. The van der Waals surface area contributed by atoms with Crippen LogP contribution in [-0.2, 0) is 10.8 Å². The molecule has 0 N–H and O–H groups in total. The van der Waals surface area contributed by atoms with Crippen molar-refractivity contribution in [2.45, 2.75) is 51.4 Å². The SMILES string of the molecule is CC1(C)CCC(C)(C)c2cc([O-])c([O-])cc21.[Sb].[c]1ccccc1.[c]1ccccc1.[c]1ccccc1. The zero-order valence-corrected chi connectivity index (χ0v) is 23.5. The van der Waals surface area contributed by atoms with E-state index < -0.39 is 0 Å². The molecule has 0 saturated carbocycles. The van der Waals surface area contributed by atoms with Crippen LogP contribution in [-0.4, -0.2) is 24.4 Å². The molecule has 1 aliphatic carbocycles. The molecule has 4 aromatic rings. The number of fused-ring (bicyclic) bond motifs is 1. The molecule has 4 aromatic carbocycles. The summed E-state index contributed by atoms with van der Waals surface area (Å²) in [7, 11) is 0. The Morgan fingerprint density at radius 1 is 0.514 bits per heavy atom. The molecular formula is C32H33O2Sb-2. The summed E-state index contributed by atoms with van der Waals surface area (Å²) < 4.78 is 0. The van der Waals surface area contributed by atoms with Crippen molar-refractivity contribution < 1.29 is 10.2 Å². The van der Waals surface area contributed by atoms with Gasteiger partial charge in [-0.2, -0.15) is 0 Å². The van der Waals surface area contributed by atoms with E-state index in [1.54, 1.807) is 12.1 Å². The Morgan fingerprint density at radius 2 is 0.771 bits per heavy atom. The van der Waals surface area contributed by atoms with E-state index in [-0.39, 0.29) is 46.8 Å². The summed E-state index contributed by atoms with van der Waals surface area (Å²) in [5.41, 5.74) is 2.15. The molecule has 2 nitrogen and oxygen atoms in total. The van der Waals surface area contributed by atoms with Crippen LogP contribution in [0.4, 0.5) is 0 Å². The summed E-state index contributed by atoms with van der Waals surface area (Å²) in [5, 5.41) is 23.0. The molecular weight excluding hydrogens is 538 g/mol. The first-order valence-corrected chi connectivity index (χ1v) is 11.5. The van der Waals surface area contributed by atoms with Gasteiger partial charge in [0.05, 0.1) is 0 Å². The smallest absolute Gasteiger partial charge is 0 e. The minimum Gasteiger partial charge on any atom is -0.873 e. The van der Waals surface area contributed by atoms with Crippen LogP contribution in [0.1, 0.15) is 51.7 Å². The van der Waals surface area contributed by atoms with Crippen LogP contribution in [0.15, 0.2) is 103 Å². The van der Waals surface area contributed by atoms with Crippen LogP contribution >= 0.6 is 0 Å². The topological polar surface area (TPSA) is 46.1 Å². The third kappa shape index (κ3) is 10.6. The second-order valence-electron chi connectivity index (χ2n) is 9.34. The molecule has 35 heavy (non-hydrogen) atoms. The molecule has 0 saturated heterocycles. The summed E-state index contributed by atoms with van der Waals surface area (Å²) in [6, 6.07) is 40.6. The Kier molecular flexibility index (Phi) is 13.3. The molecule has 0 aliphatic heterocycles.